The van der Waals surface area contributed by atoms with E-state index in [9.17, 15) is 9.90 Å². The maximum atomic E-state index is 11.2. The molecule has 0 saturated heterocycles. The molecule has 2 aromatic rings. The van der Waals surface area contributed by atoms with Crippen LogP contribution in [0.1, 0.15) is 48.2 Å². The van der Waals surface area contributed by atoms with Crippen molar-refractivity contribution in [3.05, 3.63) is 35.5 Å². The van der Waals surface area contributed by atoms with Crippen LogP contribution in [0.25, 0.3) is 0 Å². The van der Waals surface area contributed by atoms with Crippen molar-refractivity contribution in [3.8, 4) is 0 Å². The second-order valence-corrected chi connectivity index (χ2v) is 4.95. The third-order valence-corrected chi connectivity index (χ3v) is 3.13. The minimum absolute atomic E-state index is 0.122. The van der Waals surface area contributed by atoms with Gasteiger partial charge in [-0.3, -0.25) is 0 Å². The fraction of sp³-hybridized carbons (Fsp3) is 0.429. The number of hydrogen-bond acceptors (Lipinski definition) is 5. The molecule has 0 aliphatic carbocycles. The van der Waals surface area contributed by atoms with Gasteiger partial charge < -0.3 is 15.0 Å². The molecule has 0 saturated carbocycles. The molecular weight excluding hydrogens is 270 g/mol. The molecule has 0 aliphatic heterocycles. The van der Waals surface area contributed by atoms with Crippen molar-refractivity contribution in [2.75, 3.05) is 5.32 Å². The van der Waals surface area contributed by atoms with Gasteiger partial charge in [0.15, 0.2) is 5.82 Å². The van der Waals surface area contributed by atoms with Crippen LogP contribution < -0.4 is 5.32 Å². The van der Waals surface area contributed by atoms with Gasteiger partial charge in [0.05, 0.1) is 11.6 Å². The summed E-state index contributed by atoms with van der Waals surface area (Å²) < 4.78 is 1.81. The lowest BCUT2D eigenvalue weighted by Crippen LogP contribution is -2.14. The van der Waals surface area contributed by atoms with E-state index < -0.39 is 5.97 Å². The first-order valence-corrected chi connectivity index (χ1v) is 6.86. The van der Waals surface area contributed by atoms with Gasteiger partial charge in [-0.1, -0.05) is 13.3 Å². The SMILES string of the molecule is CCCc1cc(C(=O)O)cc(NC(C)c2nncn2C)n1. The predicted molar refractivity (Wildman–Crippen MR) is 78.2 cm³/mol. The zero-order valence-corrected chi connectivity index (χ0v) is 12.4. The van der Waals surface area contributed by atoms with E-state index in [1.165, 1.54) is 6.07 Å². The summed E-state index contributed by atoms with van der Waals surface area (Å²) in [6.07, 6.45) is 3.28. The van der Waals surface area contributed by atoms with Crippen LogP contribution >= 0.6 is 0 Å². The van der Waals surface area contributed by atoms with Crippen LogP contribution in [0.2, 0.25) is 0 Å². The van der Waals surface area contributed by atoms with Crippen LogP contribution in [0.15, 0.2) is 18.5 Å². The van der Waals surface area contributed by atoms with E-state index in [1.54, 1.807) is 12.4 Å². The van der Waals surface area contributed by atoms with Crippen molar-refractivity contribution in [1.82, 2.24) is 19.7 Å². The van der Waals surface area contributed by atoms with Crippen molar-refractivity contribution < 1.29 is 9.90 Å². The van der Waals surface area contributed by atoms with E-state index in [2.05, 4.69) is 20.5 Å². The maximum Gasteiger partial charge on any atom is 0.335 e. The number of rotatable bonds is 6. The Morgan fingerprint density at radius 3 is 2.81 bits per heavy atom. The van der Waals surface area contributed by atoms with Crippen molar-refractivity contribution >= 4 is 11.8 Å². The van der Waals surface area contributed by atoms with E-state index in [0.29, 0.717) is 5.82 Å². The highest BCUT2D eigenvalue weighted by Crippen LogP contribution is 2.18. The number of anilines is 1. The minimum atomic E-state index is -0.955. The lowest BCUT2D eigenvalue weighted by atomic mass is 10.1. The molecule has 1 atom stereocenters. The molecule has 1 unspecified atom stereocenters. The van der Waals surface area contributed by atoms with Crippen LogP contribution in [0.3, 0.4) is 0 Å². The second-order valence-electron chi connectivity index (χ2n) is 4.95. The fourth-order valence-corrected chi connectivity index (χ4v) is 2.14. The minimum Gasteiger partial charge on any atom is -0.478 e. The summed E-state index contributed by atoms with van der Waals surface area (Å²) in [5.74, 6) is 0.340. The van der Waals surface area contributed by atoms with Gasteiger partial charge in [-0.2, -0.15) is 0 Å². The van der Waals surface area contributed by atoms with Crippen LogP contribution in [0.5, 0.6) is 0 Å². The summed E-state index contributed by atoms with van der Waals surface area (Å²) >= 11 is 0. The largest absolute Gasteiger partial charge is 0.478 e. The molecule has 2 aromatic heterocycles. The Kier molecular flexibility index (Phi) is 4.52. The molecule has 0 aliphatic rings. The highest BCUT2D eigenvalue weighted by Gasteiger charge is 2.14. The number of carboxylic acids is 1. The van der Waals surface area contributed by atoms with Gasteiger partial charge in [-0.05, 0) is 25.5 Å². The first-order chi connectivity index (χ1) is 10.0. The summed E-state index contributed by atoms with van der Waals surface area (Å²) in [5.41, 5.74) is 1.01. The van der Waals surface area contributed by atoms with E-state index in [1.807, 2.05) is 25.5 Å². The molecule has 112 valence electrons. The number of aromatic nitrogens is 4. The van der Waals surface area contributed by atoms with Crippen LogP contribution in [-0.2, 0) is 13.5 Å². The van der Waals surface area contributed by atoms with E-state index in [-0.39, 0.29) is 11.6 Å². The van der Waals surface area contributed by atoms with Gasteiger partial charge >= 0.3 is 5.97 Å². The van der Waals surface area contributed by atoms with Gasteiger partial charge in [0.1, 0.15) is 12.1 Å². The molecule has 0 fully saturated rings. The summed E-state index contributed by atoms with van der Waals surface area (Å²) in [4.78, 5) is 15.6. The van der Waals surface area contributed by atoms with Crippen molar-refractivity contribution in [2.45, 2.75) is 32.7 Å². The monoisotopic (exact) mass is 289 g/mol. The van der Waals surface area contributed by atoms with Gasteiger partial charge in [0.25, 0.3) is 0 Å². The Balaban J connectivity index is 2.26. The van der Waals surface area contributed by atoms with Crippen molar-refractivity contribution in [1.29, 1.82) is 0 Å². The lowest BCUT2D eigenvalue weighted by Gasteiger charge is -2.15. The first-order valence-electron chi connectivity index (χ1n) is 6.86. The standard InChI is InChI=1S/C14H19N5O2/c1-4-5-11-6-10(14(20)21)7-12(17-11)16-9(2)13-18-15-8-19(13)3/h6-9H,4-5H2,1-3H3,(H,16,17)(H,20,21). The molecular formula is C14H19N5O2. The van der Waals surface area contributed by atoms with Gasteiger partial charge in [-0.15, -0.1) is 10.2 Å². The Bertz CT molecular complexity index is 638. The Hall–Kier alpha value is -2.44. The summed E-state index contributed by atoms with van der Waals surface area (Å²) in [6.45, 7) is 3.96. The number of carboxylic acid groups (broad SMARTS) is 1. The average Bonchev–Trinajstić information content (AvgIpc) is 2.85. The third kappa shape index (κ3) is 3.56. The molecule has 0 aromatic carbocycles. The normalized spacial score (nSPS) is 12.1. The van der Waals surface area contributed by atoms with Crippen LogP contribution in [-0.4, -0.2) is 30.8 Å². The van der Waals surface area contributed by atoms with Crippen LogP contribution in [0, 0.1) is 0 Å². The number of hydrogen-bond donors (Lipinski definition) is 2. The van der Waals surface area contributed by atoms with Crippen molar-refractivity contribution in [3.63, 3.8) is 0 Å². The second kappa shape index (κ2) is 6.34. The molecule has 2 heterocycles. The number of carbonyl (C=O) groups is 1. The molecule has 21 heavy (non-hydrogen) atoms. The number of aromatic carboxylic acids is 1. The first kappa shape index (κ1) is 15.0. The lowest BCUT2D eigenvalue weighted by molar-refractivity contribution is 0.0696. The molecule has 0 radical (unpaired) electrons. The smallest absolute Gasteiger partial charge is 0.335 e. The van der Waals surface area contributed by atoms with Crippen LogP contribution in [0.4, 0.5) is 5.82 Å². The zero-order valence-electron chi connectivity index (χ0n) is 12.4. The van der Waals surface area contributed by atoms with E-state index in [4.69, 9.17) is 0 Å². The molecule has 0 amide bonds. The summed E-state index contributed by atoms with van der Waals surface area (Å²) in [5, 5.41) is 20.2. The number of nitrogens with zero attached hydrogens (tertiary/aromatic N) is 4. The highest BCUT2D eigenvalue weighted by molar-refractivity contribution is 5.88. The fourth-order valence-electron chi connectivity index (χ4n) is 2.14. The zero-order chi connectivity index (χ0) is 15.4. The predicted octanol–water partition coefficient (Wildman–Crippen LogP) is 2.03. The molecule has 2 N–H and O–H groups in total. The Labute approximate surface area is 123 Å². The topological polar surface area (TPSA) is 92.9 Å². The number of nitrogens with one attached hydrogen (secondary N) is 1. The number of pyridine rings is 1. The molecule has 7 nitrogen and oxygen atoms in total. The molecule has 2 rings (SSSR count). The Morgan fingerprint density at radius 2 is 2.24 bits per heavy atom. The average molecular weight is 289 g/mol. The van der Waals surface area contributed by atoms with E-state index in [0.717, 1.165) is 24.4 Å². The molecule has 7 heteroatoms. The van der Waals surface area contributed by atoms with E-state index >= 15 is 0 Å². The summed E-state index contributed by atoms with van der Waals surface area (Å²) in [7, 11) is 1.86. The van der Waals surface area contributed by atoms with Gasteiger partial charge in [0, 0.05) is 12.7 Å². The van der Waals surface area contributed by atoms with Gasteiger partial charge in [-0.25, -0.2) is 9.78 Å². The highest BCUT2D eigenvalue weighted by atomic mass is 16.4. The van der Waals surface area contributed by atoms with Gasteiger partial charge in [0.2, 0.25) is 0 Å². The molecule has 0 spiro atoms. The Morgan fingerprint density at radius 1 is 1.48 bits per heavy atom. The number of aryl methyl sites for hydroxylation is 2. The summed E-state index contributed by atoms with van der Waals surface area (Å²) in [6, 6.07) is 3.03. The van der Waals surface area contributed by atoms with Crippen molar-refractivity contribution in [2.24, 2.45) is 7.05 Å². The maximum absolute atomic E-state index is 11.2. The quantitative estimate of drug-likeness (QED) is 0.845. The molecule has 0 bridgehead atoms. The third-order valence-electron chi connectivity index (χ3n) is 3.13.